The van der Waals surface area contributed by atoms with E-state index in [1.807, 2.05) is 0 Å². The largest absolute Gasteiger partial charge is 1.00 e. The zero-order valence-corrected chi connectivity index (χ0v) is 25.5. The van der Waals surface area contributed by atoms with Crippen molar-refractivity contribution in [1.29, 1.82) is 0 Å². The average Bonchev–Trinajstić information content (AvgIpc) is 2.81. The van der Waals surface area contributed by atoms with Crippen molar-refractivity contribution < 1.29 is 50.9 Å². The molecule has 0 N–H and O–H groups in total. The summed E-state index contributed by atoms with van der Waals surface area (Å²) in [4.78, 5) is 0. The Labute approximate surface area is 240 Å². The third-order valence-corrected chi connectivity index (χ3v) is 5.33. The van der Waals surface area contributed by atoms with E-state index in [2.05, 4.69) is 129 Å². The van der Waals surface area contributed by atoms with Gasteiger partial charge in [0.15, 0.2) is 37.2 Å². The van der Waals surface area contributed by atoms with E-state index < -0.39 is 0 Å². The van der Waals surface area contributed by atoms with Gasteiger partial charge in [-0.3, -0.25) is 0 Å². The Hall–Kier alpha value is -1.68. The first-order valence-electron chi connectivity index (χ1n) is 12.9. The topological polar surface area (TPSA) is 11.6 Å². The Balaban J connectivity index is -0.000000436. The van der Waals surface area contributed by atoms with Gasteiger partial charge in [0, 0.05) is 54.2 Å². The first-order valence-corrected chi connectivity index (χ1v) is 12.9. The maximum absolute atomic E-state index is 2.25. The molecule has 0 bridgehead atoms. The fourth-order valence-electron chi connectivity index (χ4n) is 3.40. The van der Waals surface area contributed by atoms with Crippen molar-refractivity contribution in [3.05, 3.63) is 90.3 Å². The minimum atomic E-state index is 0. The third kappa shape index (κ3) is 19.5. The van der Waals surface area contributed by atoms with Crippen molar-refractivity contribution in [1.82, 2.24) is 0 Å². The lowest BCUT2D eigenvalue weighted by Crippen LogP contribution is -3.00. The van der Waals surface area contributed by atoms with Gasteiger partial charge in [0.05, 0.1) is 0 Å². The summed E-state index contributed by atoms with van der Waals surface area (Å²) in [7, 11) is 0. The van der Waals surface area contributed by atoms with Crippen LogP contribution in [0.1, 0.15) is 76.0 Å². The highest BCUT2D eigenvalue weighted by Crippen LogP contribution is 1.93. The molecule has 0 radical (unpaired) electrons. The molecular formula is C30H48Cl3N3. The number of halogens is 3. The van der Waals surface area contributed by atoms with Crippen LogP contribution in [-0.4, -0.2) is 0 Å². The predicted molar refractivity (Wildman–Crippen MR) is 139 cm³/mol. The summed E-state index contributed by atoms with van der Waals surface area (Å²) in [5, 5.41) is 0. The van der Waals surface area contributed by atoms with Gasteiger partial charge >= 0.3 is 0 Å². The van der Waals surface area contributed by atoms with Gasteiger partial charge in [-0.05, 0) is 39.0 Å². The van der Waals surface area contributed by atoms with Gasteiger partial charge in [-0.25, -0.2) is 13.7 Å². The number of hydrogen-bond donors (Lipinski definition) is 0. The van der Waals surface area contributed by atoms with E-state index in [0.29, 0.717) is 0 Å². The molecule has 204 valence electrons. The predicted octanol–water partition coefficient (Wildman–Crippen LogP) is -2.74. The van der Waals surface area contributed by atoms with Crippen molar-refractivity contribution in [3.8, 4) is 0 Å². The van der Waals surface area contributed by atoms with Crippen LogP contribution in [0.5, 0.6) is 0 Å². The Kier molecular flexibility index (Phi) is 27.0. The normalized spacial score (nSPS) is 9.17. The van der Waals surface area contributed by atoms with Gasteiger partial charge in [0.2, 0.25) is 0 Å². The molecular weight excluding hydrogens is 509 g/mol. The Morgan fingerprint density at radius 1 is 0.472 bits per heavy atom. The molecule has 3 aromatic heterocycles. The SMILES string of the molecule is CCCC[n+]1cccc(C)c1.CCCC[n+]1cccc(C)c1.CCCC[n+]1cccc(C)c1.[Cl-].[Cl-].[Cl-]. The molecule has 0 aliphatic heterocycles. The maximum Gasteiger partial charge on any atom is 0.171 e. The fourth-order valence-corrected chi connectivity index (χ4v) is 3.40. The highest BCUT2D eigenvalue weighted by atomic mass is 35.5. The number of pyridine rings is 3. The van der Waals surface area contributed by atoms with E-state index in [9.17, 15) is 0 Å². The zero-order chi connectivity index (χ0) is 24.3. The van der Waals surface area contributed by atoms with E-state index in [1.165, 1.54) is 55.2 Å². The smallest absolute Gasteiger partial charge is 0.171 e. The molecule has 0 unspecified atom stereocenters. The van der Waals surface area contributed by atoms with Crippen LogP contribution in [0.25, 0.3) is 0 Å². The molecule has 0 aromatic carbocycles. The van der Waals surface area contributed by atoms with Crippen molar-refractivity contribution in [2.24, 2.45) is 0 Å². The van der Waals surface area contributed by atoms with Crippen LogP contribution in [0.4, 0.5) is 0 Å². The van der Waals surface area contributed by atoms with E-state index in [-0.39, 0.29) is 37.2 Å². The monoisotopic (exact) mass is 555 g/mol. The molecule has 3 nitrogen and oxygen atoms in total. The second-order valence-corrected chi connectivity index (χ2v) is 8.92. The van der Waals surface area contributed by atoms with Crippen molar-refractivity contribution in [2.75, 3.05) is 0 Å². The standard InChI is InChI=1S/3C10H16N.3ClH/c3*1-3-4-7-11-8-5-6-10(2)9-11;;;/h3*5-6,8-9H,3-4,7H2,1-2H3;3*1H/q3*+1;;;/p-3. The minimum absolute atomic E-state index is 0. The summed E-state index contributed by atoms with van der Waals surface area (Å²) < 4.78 is 6.75. The van der Waals surface area contributed by atoms with Crippen LogP contribution in [0.15, 0.2) is 73.6 Å². The van der Waals surface area contributed by atoms with Crippen molar-refractivity contribution >= 4 is 0 Å². The molecule has 36 heavy (non-hydrogen) atoms. The Morgan fingerprint density at radius 2 is 0.722 bits per heavy atom. The quantitative estimate of drug-likeness (QED) is 0.254. The first-order chi connectivity index (χ1) is 16.0. The Morgan fingerprint density at radius 3 is 0.917 bits per heavy atom. The van der Waals surface area contributed by atoms with E-state index in [0.717, 1.165) is 19.6 Å². The molecule has 6 heteroatoms. The van der Waals surface area contributed by atoms with Crippen LogP contribution in [0.3, 0.4) is 0 Å². The molecule has 0 spiro atoms. The highest BCUT2D eigenvalue weighted by Gasteiger charge is 1.98. The van der Waals surface area contributed by atoms with Crippen LogP contribution in [-0.2, 0) is 19.6 Å². The second-order valence-electron chi connectivity index (χ2n) is 8.92. The molecule has 0 saturated carbocycles. The summed E-state index contributed by atoms with van der Waals surface area (Å²) in [6.45, 7) is 16.5. The summed E-state index contributed by atoms with van der Waals surface area (Å²) in [5.41, 5.74) is 4.01. The molecule has 0 fully saturated rings. The van der Waals surface area contributed by atoms with Crippen molar-refractivity contribution in [3.63, 3.8) is 0 Å². The number of hydrogen-bond acceptors (Lipinski definition) is 0. The molecule has 3 aromatic rings. The maximum atomic E-state index is 2.25. The lowest BCUT2D eigenvalue weighted by Gasteiger charge is -1.94. The summed E-state index contributed by atoms with van der Waals surface area (Å²) in [6, 6.07) is 12.7. The molecule has 0 saturated heterocycles. The number of unbranched alkanes of at least 4 members (excludes halogenated alkanes) is 3. The van der Waals surface area contributed by atoms with Gasteiger partial charge in [-0.15, -0.1) is 0 Å². The Bertz CT molecular complexity index is 786. The average molecular weight is 557 g/mol. The fraction of sp³-hybridized carbons (Fsp3) is 0.500. The number of aromatic nitrogens is 3. The molecule has 3 heterocycles. The number of aryl methyl sites for hydroxylation is 6. The zero-order valence-electron chi connectivity index (χ0n) is 23.3. The summed E-state index contributed by atoms with van der Waals surface area (Å²) in [6.07, 6.45) is 20.6. The minimum Gasteiger partial charge on any atom is -1.00 e. The van der Waals surface area contributed by atoms with Gasteiger partial charge in [-0.2, -0.15) is 0 Å². The second kappa shape index (κ2) is 25.0. The summed E-state index contributed by atoms with van der Waals surface area (Å²) in [5.74, 6) is 0. The van der Waals surface area contributed by atoms with E-state index in [4.69, 9.17) is 0 Å². The van der Waals surface area contributed by atoms with Crippen LogP contribution >= 0.6 is 0 Å². The van der Waals surface area contributed by atoms with E-state index in [1.54, 1.807) is 0 Å². The third-order valence-electron chi connectivity index (χ3n) is 5.33. The highest BCUT2D eigenvalue weighted by molar-refractivity contribution is 5.02. The van der Waals surface area contributed by atoms with Gasteiger partial charge in [0.25, 0.3) is 0 Å². The lowest BCUT2D eigenvalue weighted by molar-refractivity contribution is -0.697. The van der Waals surface area contributed by atoms with Crippen molar-refractivity contribution in [2.45, 2.75) is 99.7 Å². The number of nitrogens with zero attached hydrogens (tertiary/aromatic N) is 3. The molecule has 0 atom stereocenters. The molecule has 3 rings (SSSR count). The van der Waals surface area contributed by atoms with Crippen LogP contribution in [0, 0.1) is 20.8 Å². The number of rotatable bonds is 9. The molecule has 0 amide bonds. The van der Waals surface area contributed by atoms with Gasteiger partial charge in [-0.1, -0.05) is 40.0 Å². The van der Waals surface area contributed by atoms with Gasteiger partial charge < -0.3 is 37.2 Å². The summed E-state index contributed by atoms with van der Waals surface area (Å²) >= 11 is 0. The van der Waals surface area contributed by atoms with Crippen LogP contribution in [0.2, 0.25) is 0 Å². The van der Waals surface area contributed by atoms with Gasteiger partial charge in [0.1, 0.15) is 19.6 Å². The van der Waals surface area contributed by atoms with Crippen LogP contribution < -0.4 is 50.9 Å². The lowest BCUT2D eigenvalue weighted by atomic mass is 10.3. The first kappa shape index (κ1) is 38.8. The molecule has 0 aliphatic carbocycles. The molecule has 0 aliphatic rings. The van der Waals surface area contributed by atoms with E-state index >= 15 is 0 Å².